The SMILES string of the molecule is CC(C)N(C(C)C)C(C)(C)C#N. The highest BCUT2D eigenvalue weighted by atomic mass is 15.2. The van der Waals surface area contributed by atoms with E-state index in [1.807, 2.05) is 13.8 Å². The van der Waals surface area contributed by atoms with Crippen molar-refractivity contribution in [3.63, 3.8) is 0 Å². The van der Waals surface area contributed by atoms with Gasteiger partial charge in [0.25, 0.3) is 0 Å². The number of nitriles is 1. The topological polar surface area (TPSA) is 27.0 Å². The van der Waals surface area contributed by atoms with E-state index in [1.54, 1.807) is 0 Å². The summed E-state index contributed by atoms with van der Waals surface area (Å²) in [4.78, 5) is 2.22. The van der Waals surface area contributed by atoms with E-state index in [0.717, 1.165) is 0 Å². The minimum absolute atomic E-state index is 0.359. The zero-order valence-corrected chi connectivity index (χ0v) is 9.05. The molecule has 0 spiro atoms. The van der Waals surface area contributed by atoms with E-state index in [9.17, 15) is 0 Å². The van der Waals surface area contributed by atoms with Gasteiger partial charge < -0.3 is 0 Å². The molecule has 0 aromatic heterocycles. The molecule has 0 radical (unpaired) electrons. The first-order valence-electron chi connectivity index (χ1n) is 4.52. The van der Waals surface area contributed by atoms with Crippen LogP contribution in [0.2, 0.25) is 0 Å². The molecular formula is C10H20N2. The van der Waals surface area contributed by atoms with Crippen LogP contribution in [0.25, 0.3) is 0 Å². The third-order valence-corrected chi connectivity index (χ3v) is 2.03. The molecule has 0 aliphatic rings. The molecule has 70 valence electrons. The molecule has 0 saturated carbocycles. The molecule has 12 heavy (non-hydrogen) atoms. The smallest absolute Gasteiger partial charge is 0.104 e. The van der Waals surface area contributed by atoms with Crippen LogP contribution in [-0.4, -0.2) is 22.5 Å². The molecule has 0 atom stereocenters. The van der Waals surface area contributed by atoms with Gasteiger partial charge in [0.15, 0.2) is 0 Å². The highest BCUT2D eigenvalue weighted by Gasteiger charge is 2.30. The zero-order valence-electron chi connectivity index (χ0n) is 9.05. The van der Waals surface area contributed by atoms with Crippen molar-refractivity contribution in [3.8, 4) is 6.07 Å². The molecule has 0 amide bonds. The van der Waals surface area contributed by atoms with E-state index in [4.69, 9.17) is 5.26 Å². The van der Waals surface area contributed by atoms with E-state index >= 15 is 0 Å². The lowest BCUT2D eigenvalue weighted by atomic mass is 10.0. The second-order valence-electron chi connectivity index (χ2n) is 4.27. The average Bonchev–Trinajstić information content (AvgIpc) is 1.84. The first-order chi connectivity index (χ1) is 5.33. The van der Waals surface area contributed by atoms with E-state index in [-0.39, 0.29) is 5.54 Å². The summed E-state index contributed by atoms with van der Waals surface area (Å²) in [6, 6.07) is 3.16. The summed E-state index contributed by atoms with van der Waals surface area (Å²) in [6.45, 7) is 12.4. The second kappa shape index (κ2) is 3.91. The lowest BCUT2D eigenvalue weighted by Gasteiger charge is -2.39. The molecule has 0 aromatic rings. The number of rotatable bonds is 3. The summed E-state index contributed by atoms with van der Waals surface area (Å²) in [5.74, 6) is 0. The van der Waals surface area contributed by atoms with Gasteiger partial charge in [0.2, 0.25) is 0 Å². The van der Waals surface area contributed by atoms with Gasteiger partial charge in [-0.15, -0.1) is 0 Å². The Balaban J connectivity index is 4.65. The summed E-state index contributed by atoms with van der Waals surface area (Å²) in [5, 5.41) is 8.97. The maximum Gasteiger partial charge on any atom is 0.104 e. The van der Waals surface area contributed by atoms with Crippen LogP contribution in [0.15, 0.2) is 0 Å². The molecule has 0 aliphatic carbocycles. The number of hydrogen-bond acceptors (Lipinski definition) is 2. The van der Waals surface area contributed by atoms with Crippen LogP contribution in [0.5, 0.6) is 0 Å². The second-order valence-corrected chi connectivity index (χ2v) is 4.27. The third-order valence-electron chi connectivity index (χ3n) is 2.03. The van der Waals surface area contributed by atoms with Gasteiger partial charge in [-0.25, -0.2) is 0 Å². The van der Waals surface area contributed by atoms with Gasteiger partial charge in [0.05, 0.1) is 6.07 Å². The van der Waals surface area contributed by atoms with E-state index in [2.05, 4.69) is 38.7 Å². The van der Waals surface area contributed by atoms with Crippen molar-refractivity contribution < 1.29 is 0 Å². The molecule has 0 fully saturated rings. The Morgan fingerprint density at radius 2 is 1.42 bits per heavy atom. The predicted octanol–water partition coefficient (Wildman–Crippen LogP) is 2.41. The van der Waals surface area contributed by atoms with Crippen molar-refractivity contribution in [1.82, 2.24) is 4.90 Å². The van der Waals surface area contributed by atoms with Gasteiger partial charge in [-0.1, -0.05) is 0 Å². The van der Waals surface area contributed by atoms with Crippen molar-refractivity contribution in [2.24, 2.45) is 0 Å². The van der Waals surface area contributed by atoms with Gasteiger partial charge >= 0.3 is 0 Å². The van der Waals surface area contributed by atoms with Crippen LogP contribution in [0.3, 0.4) is 0 Å². The number of hydrogen-bond donors (Lipinski definition) is 0. The Labute approximate surface area is 76.2 Å². The van der Waals surface area contributed by atoms with E-state index in [0.29, 0.717) is 12.1 Å². The Morgan fingerprint density at radius 3 is 1.50 bits per heavy atom. The Hall–Kier alpha value is -0.550. The Bertz CT molecular complexity index is 167. The van der Waals surface area contributed by atoms with Crippen LogP contribution >= 0.6 is 0 Å². The van der Waals surface area contributed by atoms with Crippen molar-refractivity contribution in [2.45, 2.75) is 59.2 Å². The van der Waals surface area contributed by atoms with Crippen molar-refractivity contribution in [2.75, 3.05) is 0 Å². The molecule has 0 aliphatic heterocycles. The summed E-state index contributed by atoms with van der Waals surface area (Å²) in [5.41, 5.74) is -0.359. The van der Waals surface area contributed by atoms with Crippen LogP contribution < -0.4 is 0 Å². The van der Waals surface area contributed by atoms with Crippen LogP contribution in [0.4, 0.5) is 0 Å². The molecule has 2 nitrogen and oxygen atoms in total. The standard InChI is InChI=1S/C10H20N2/c1-8(2)12(9(3)4)10(5,6)7-11/h8-9H,1-6H3. The van der Waals surface area contributed by atoms with Gasteiger partial charge in [0.1, 0.15) is 5.54 Å². The fraction of sp³-hybridized carbons (Fsp3) is 0.900. The molecule has 0 rings (SSSR count). The van der Waals surface area contributed by atoms with E-state index < -0.39 is 0 Å². The van der Waals surface area contributed by atoms with Crippen LogP contribution in [-0.2, 0) is 0 Å². The summed E-state index contributed by atoms with van der Waals surface area (Å²) in [7, 11) is 0. The minimum Gasteiger partial charge on any atom is -0.281 e. The van der Waals surface area contributed by atoms with Crippen LogP contribution in [0, 0.1) is 11.3 Å². The Morgan fingerprint density at radius 1 is 1.08 bits per heavy atom. The molecule has 0 N–H and O–H groups in total. The molecule has 0 heterocycles. The fourth-order valence-electron chi connectivity index (χ4n) is 1.95. The lowest BCUT2D eigenvalue weighted by molar-refractivity contribution is 0.0888. The first-order valence-corrected chi connectivity index (χ1v) is 4.52. The average molecular weight is 168 g/mol. The highest BCUT2D eigenvalue weighted by molar-refractivity contribution is 5.03. The predicted molar refractivity (Wildman–Crippen MR) is 51.8 cm³/mol. The maximum absolute atomic E-state index is 8.97. The fourth-order valence-corrected chi connectivity index (χ4v) is 1.95. The van der Waals surface area contributed by atoms with Crippen molar-refractivity contribution in [1.29, 1.82) is 5.26 Å². The van der Waals surface area contributed by atoms with Crippen molar-refractivity contribution >= 4 is 0 Å². The molecular weight excluding hydrogens is 148 g/mol. The maximum atomic E-state index is 8.97. The summed E-state index contributed by atoms with van der Waals surface area (Å²) < 4.78 is 0. The monoisotopic (exact) mass is 168 g/mol. The minimum atomic E-state index is -0.359. The molecule has 0 bridgehead atoms. The van der Waals surface area contributed by atoms with Crippen molar-refractivity contribution in [3.05, 3.63) is 0 Å². The number of nitrogens with zero attached hydrogens (tertiary/aromatic N) is 2. The molecule has 2 heteroatoms. The largest absolute Gasteiger partial charge is 0.281 e. The Kier molecular flexibility index (Phi) is 3.73. The third kappa shape index (κ3) is 2.49. The lowest BCUT2D eigenvalue weighted by Crippen LogP contribution is -2.50. The normalized spacial score (nSPS) is 12.7. The first kappa shape index (κ1) is 11.4. The van der Waals surface area contributed by atoms with Gasteiger partial charge in [0, 0.05) is 12.1 Å². The van der Waals surface area contributed by atoms with E-state index in [1.165, 1.54) is 0 Å². The summed E-state index contributed by atoms with van der Waals surface area (Å²) in [6.07, 6.45) is 0. The summed E-state index contributed by atoms with van der Waals surface area (Å²) >= 11 is 0. The molecule has 0 unspecified atom stereocenters. The highest BCUT2D eigenvalue weighted by Crippen LogP contribution is 2.19. The quantitative estimate of drug-likeness (QED) is 0.647. The zero-order chi connectivity index (χ0) is 9.94. The van der Waals surface area contributed by atoms with Gasteiger partial charge in [-0.05, 0) is 41.5 Å². The molecule has 0 aromatic carbocycles. The molecule has 0 saturated heterocycles. The van der Waals surface area contributed by atoms with Gasteiger partial charge in [-0.2, -0.15) is 5.26 Å². The van der Waals surface area contributed by atoms with Crippen LogP contribution in [0.1, 0.15) is 41.5 Å². The van der Waals surface area contributed by atoms with Gasteiger partial charge in [-0.3, -0.25) is 4.90 Å².